The molecule has 3 aliphatic heterocycles. The molecule has 248 valence electrons. The normalized spacial score (nSPS) is 23.4. The molecule has 1 saturated carbocycles. The molecular formula is C37H49ClN4O4. The minimum Gasteiger partial charge on any atom is -0.447 e. The van der Waals surface area contributed by atoms with E-state index in [-0.39, 0.29) is 41.3 Å². The zero-order valence-electron chi connectivity index (χ0n) is 27.4. The van der Waals surface area contributed by atoms with Crippen LogP contribution in [0.4, 0.5) is 4.79 Å². The largest absolute Gasteiger partial charge is 0.447 e. The Morgan fingerprint density at radius 1 is 1.04 bits per heavy atom. The topological polar surface area (TPSA) is 91.0 Å². The lowest BCUT2D eigenvalue weighted by molar-refractivity contribution is -0.139. The van der Waals surface area contributed by atoms with Crippen molar-refractivity contribution < 1.29 is 19.1 Å². The van der Waals surface area contributed by atoms with Gasteiger partial charge in [0.25, 0.3) is 0 Å². The molecule has 3 heterocycles. The number of benzene rings is 2. The SMILES string of the molecule is CC1(C)COC(=O)N1CC1(C2CCCCC2)CCN(C(=O)C(Cc2ccc(Cl)cc2)NC(=O)CC2NCCc3ccccc32)CC1. The van der Waals surface area contributed by atoms with E-state index in [0.717, 1.165) is 36.9 Å². The number of hydrogen-bond donors (Lipinski definition) is 2. The summed E-state index contributed by atoms with van der Waals surface area (Å²) in [6.07, 6.45) is 9.12. The van der Waals surface area contributed by atoms with E-state index in [9.17, 15) is 14.4 Å². The Kier molecular flexibility index (Phi) is 9.95. The summed E-state index contributed by atoms with van der Waals surface area (Å²) in [5.41, 5.74) is 2.99. The number of nitrogens with one attached hydrogen (secondary N) is 2. The summed E-state index contributed by atoms with van der Waals surface area (Å²) < 4.78 is 5.49. The molecule has 0 radical (unpaired) electrons. The molecule has 1 aliphatic carbocycles. The first-order valence-electron chi connectivity index (χ1n) is 17.2. The average molecular weight is 649 g/mol. The van der Waals surface area contributed by atoms with Crippen molar-refractivity contribution in [2.75, 3.05) is 32.8 Å². The van der Waals surface area contributed by atoms with Gasteiger partial charge in [-0.15, -0.1) is 0 Å². The van der Waals surface area contributed by atoms with Gasteiger partial charge in [-0.05, 0) is 92.7 Å². The maximum atomic E-state index is 14.3. The van der Waals surface area contributed by atoms with Crippen LogP contribution >= 0.6 is 11.6 Å². The number of halogens is 1. The standard InChI is InChI=1S/C37H49ClN4O4/c1-36(2)25-46-35(45)42(36)24-37(28-9-4-3-5-10-28)17-20-41(21-18-37)34(44)32(22-26-12-14-29(38)15-13-26)40-33(43)23-31-30-11-7-6-8-27(30)16-19-39-31/h6-8,11-15,28,31-32,39H,3-5,9-10,16-25H2,1-2H3,(H,40,43). The average Bonchev–Trinajstić information content (AvgIpc) is 3.32. The van der Waals surface area contributed by atoms with E-state index in [1.807, 2.05) is 46.2 Å². The molecule has 0 aromatic heterocycles. The van der Waals surface area contributed by atoms with Crippen LogP contribution in [0.15, 0.2) is 48.5 Å². The molecule has 2 N–H and O–H groups in total. The molecule has 2 aromatic rings. The van der Waals surface area contributed by atoms with Crippen molar-refractivity contribution >= 4 is 29.5 Å². The second-order valence-corrected chi connectivity index (χ2v) is 15.0. The quantitative estimate of drug-likeness (QED) is 0.345. The van der Waals surface area contributed by atoms with Gasteiger partial charge >= 0.3 is 6.09 Å². The Morgan fingerprint density at radius 2 is 1.76 bits per heavy atom. The van der Waals surface area contributed by atoms with E-state index in [4.69, 9.17) is 16.3 Å². The van der Waals surface area contributed by atoms with Crippen LogP contribution in [0.3, 0.4) is 0 Å². The number of nitrogens with zero attached hydrogens (tertiary/aromatic N) is 2. The van der Waals surface area contributed by atoms with Crippen LogP contribution < -0.4 is 10.6 Å². The highest BCUT2D eigenvalue weighted by Crippen LogP contribution is 2.48. The van der Waals surface area contributed by atoms with E-state index in [1.54, 1.807) is 0 Å². The van der Waals surface area contributed by atoms with Crippen LogP contribution in [0.5, 0.6) is 0 Å². The second-order valence-electron chi connectivity index (χ2n) is 14.6. The smallest absolute Gasteiger partial charge is 0.410 e. The molecule has 4 aliphatic rings. The van der Waals surface area contributed by atoms with E-state index >= 15 is 0 Å². The van der Waals surface area contributed by atoms with Gasteiger partial charge in [0.2, 0.25) is 11.8 Å². The molecule has 2 saturated heterocycles. The van der Waals surface area contributed by atoms with Crippen molar-refractivity contribution in [2.24, 2.45) is 11.3 Å². The fourth-order valence-corrected chi connectivity index (χ4v) is 8.43. The van der Waals surface area contributed by atoms with Gasteiger partial charge in [0.1, 0.15) is 12.6 Å². The number of rotatable bonds is 9. The predicted molar refractivity (Wildman–Crippen MR) is 180 cm³/mol. The molecule has 2 atom stereocenters. The van der Waals surface area contributed by atoms with Crippen LogP contribution in [-0.2, 0) is 27.2 Å². The molecule has 9 heteroatoms. The number of carbonyl (C=O) groups is 3. The van der Waals surface area contributed by atoms with Crippen molar-refractivity contribution in [3.8, 4) is 0 Å². The fourth-order valence-electron chi connectivity index (χ4n) is 8.31. The van der Waals surface area contributed by atoms with Gasteiger partial charge in [0.15, 0.2) is 0 Å². The number of ether oxygens (including phenoxy) is 1. The lowest BCUT2D eigenvalue weighted by Gasteiger charge is -2.51. The van der Waals surface area contributed by atoms with Crippen LogP contribution in [-0.4, -0.2) is 72.1 Å². The zero-order valence-corrected chi connectivity index (χ0v) is 28.1. The Hall–Kier alpha value is -3.10. The minimum absolute atomic E-state index is 0.0431. The number of amides is 3. The molecule has 6 rings (SSSR count). The third-order valence-electron chi connectivity index (χ3n) is 11.1. The molecular weight excluding hydrogens is 600 g/mol. The number of fused-ring (bicyclic) bond motifs is 1. The van der Waals surface area contributed by atoms with Gasteiger partial charge in [-0.3, -0.25) is 14.5 Å². The van der Waals surface area contributed by atoms with Gasteiger partial charge in [0.05, 0.1) is 5.54 Å². The fraction of sp³-hybridized carbons (Fsp3) is 0.595. The summed E-state index contributed by atoms with van der Waals surface area (Å²) in [6, 6.07) is 15.0. The first kappa shape index (κ1) is 32.8. The maximum absolute atomic E-state index is 14.3. The highest BCUT2D eigenvalue weighted by molar-refractivity contribution is 6.30. The van der Waals surface area contributed by atoms with Crippen molar-refractivity contribution in [1.82, 2.24) is 20.4 Å². The summed E-state index contributed by atoms with van der Waals surface area (Å²) in [4.78, 5) is 44.6. The minimum atomic E-state index is -0.679. The Bertz CT molecular complexity index is 1400. The highest BCUT2D eigenvalue weighted by atomic mass is 35.5. The highest BCUT2D eigenvalue weighted by Gasteiger charge is 2.49. The third-order valence-corrected chi connectivity index (χ3v) is 11.4. The number of piperidine rings is 1. The van der Waals surface area contributed by atoms with Gasteiger partial charge in [-0.25, -0.2) is 4.79 Å². The summed E-state index contributed by atoms with van der Waals surface area (Å²) in [5.74, 6) is 0.349. The van der Waals surface area contributed by atoms with Crippen LogP contribution in [0.25, 0.3) is 0 Å². The van der Waals surface area contributed by atoms with E-state index in [0.29, 0.717) is 43.6 Å². The molecule has 3 fully saturated rings. The van der Waals surface area contributed by atoms with Crippen molar-refractivity contribution in [3.05, 3.63) is 70.2 Å². The van der Waals surface area contributed by atoms with Crippen LogP contribution in [0, 0.1) is 11.3 Å². The summed E-state index contributed by atoms with van der Waals surface area (Å²) in [5, 5.41) is 7.28. The zero-order chi connectivity index (χ0) is 32.3. The van der Waals surface area contributed by atoms with Crippen molar-refractivity contribution in [3.63, 3.8) is 0 Å². The van der Waals surface area contributed by atoms with E-state index in [2.05, 4.69) is 36.6 Å². The van der Waals surface area contributed by atoms with Gasteiger partial charge in [-0.1, -0.05) is 67.3 Å². The predicted octanol–water partition coefficient (Wildman–Crippen LogP) is 6.06. The monoisotopic (exact) mass is 648 g/mol. The summed E-state index contributed by atoms with van der Waals surface area (Å²) in [7, 11) is 0. The number of hydrogen-bond acceptors (Lipinski definition) is 5. The lowest BCUT2D eigenvalue weighted by Crippen LogP contribution is -2.57. The Balaban J connectivity index is 1.17. The molecule has 3 amide bonds. The lowest BCUT2D eigenvalue weighted by atomic mass is 9.63. The Morgan fingerprint density at radius 3 is 2.46 bits per heavy atom. The maximum Gasteiger partial charge on any atom is 0.410 e. The first-order valence-corrected chi connectivity index (χ1v) is 17.6. The first-order chi connectivity index (χ1) is 22.1. The van der Waals surface area contributed by atoms with Crippen molar-refractivity contribution in [1.29, 1.82) is 0 Å². The van der Waals surface area contributed by atoms with Gasteiger partial charge < -0.3 is 20.3 Å². The molecule has 46 heavy (non-hydrogen) atoms. The number of carbonyl (C=O) groups excluding carboxylic acids is 3. The molecule has 2 unspecified atom stereocenters. The van der Waals surface area contributed by atoms with E-state index < -0.39 is 6.04 Å². The second kappa shape index (κ2) is 13.9. The molecule has 0 bridgehead atoms. The summed E-state index contributed by atoms with van der Waals surface area (Å²) in [6.45, 7) is 7.29. The van der Waals surface area contributed by atoms with E-state index in [1.165, 1.54) is 37.7 Å². The Labute approximate surface area is 278 Å². The van der Waals surface area contributed by atoms with Crippen LogP contribution in [0.2, 0.25) is 5.02 Å². The molecule has 0 spiro atoms. The molecule has 2 aromatic carbocycles. The number of likely N-dealkylation sites (tertiary alicyclic amines) is 1. The van der Waals surface area contributed by atoms with Gasteiger partial charge in [0, 0.05) is 43.5 Å². The summed E-state index contributed by atoms with van der Waals surface area (Å²) >= 11 is 6.16. The number of cyclic esters (lactones) is 1. The molecule has 8 nitrogen and oxygen atoms in total. The van der Waals surface area contributed by atoms with Crippen molar-refractivity contribution in [2.45, 2.75) is 95.7 Å². The van der Waals surface area contributed by atoms with Gasteiger partial charge in [-0.2, -0.15) is 0 Å². The third kappa shape index (κ3) is 7.23. The van der Waals surface area contributed by atoms with Crippen LogP contribution in [0.1, 0.15) is 87.9 Å².